The Hall–Kier alpha value is -2.31. The van der Waals surface area contributed by atoms with Gasteiger partial charge in [0.25, 0.3) is 0 Å². The van der Waals surface area contributed by atoms with E-state index in [1.54, 1.807) is 23.2 Å². The number of anilines is 1. The highest BCUT2D eigenvalue weighted by molar-refractivity contribution is 5.84. The van der Waals surface area contributed by atoms with Gasteiger partial charge in [-0.1, -0.05) is 0 Å². The molecule has 1 fully saturated rings. The van der Waals surface area contributed by atoms with Crippen molar-refractivity contribution in [2.45, 2.75) is 45.3 Å². The molecule has 0 aliphatic carbocycles. The SMILES string of the molecule is CC(C)(C)OC(=O)N1CCC[C@@H](OC(=O)Nc2cccnc2)C1. The first-order valence-electron chi connectivity index (χ1n) is 7.69. The van der Waals surface area contributed by atoms with Crippen molar-refractivity contribution < 1.29 is 19.1 Å². The summed E-state index contributed by atoms with van der Waals surface area (Å²) >= 11 is 0. The molecule has 23 heavy (non-hydrogen) atoms. The molecule has 2 rings (SSSR count). The first-order valence-corrected chi connectivity index (χ1v) is 7.69. The first-order chi connectivity index (χ1) is 10.8. The van der Waals surface area contributed by atoms with Crippen LogP contribution in [0.25, 0.3) is 0 Å². The van der Waals surface area contributed by atoms with Crippen LogP contribution in [0, 0.1) is 0 Å². The molecule has 0 aromatic carbocycles. The predicted octanol–water partition coefficient (Wildman–Crippen LogP) is 3.03. The molecular weight excluding hydrogens is 298 g/mol. The van der Waals surface area contributed by atoms with Crippen molar-refractivity contribution >= 4 is 17.9 Å². The lowest BCUT2D eigenvalue weighted by Crippen LogP contribution is -2.46. The number of nitrogens with one attached hydrogen (secondary N) is 1. The average molecular weight is 321 g/mol. The van der Waals surface area contributed by atoms with E-state index in [0.29, 0.717) is 18.8 Å². The van der Waals surface area contributed by atoms with Crippen LogP contribution in [0.2, 0.25) is 0 Å². The number of likely N-dealkylation sites (tertiary alicyclic amines) is 1. The summed E-state index contributed by atoms with van der Waals surface area (Å²) in [5.41, 5.74) is 0.0278. The van der Waals surface area contributed by atoms with Crippen LogP contribution >= 0.6 is 0 Å². The summed E-state index contributed by atoms with van der Waals surface area (Å²) in [4.78, 5) is 29.5. The maximum Gasteiger partial charge on any atom is 0.412 e. The van der Waals surface area contributed by atoms with Gasteiger partial charge in [-0.3, -0.25) is 10.3 Å². The molecule has 0 unspecified atom stereocenters. The normalized spacial score (nSPS) is 18.2. The van der Waals surface area contributed by atoms with Crippen LogP contribution in [0.15, 0.2) is 24.5 Å². The van der Waals surface area contributed by atoms with E-state index in [9.17, 15) is 9.59 Å². The van der Waals surface area contributed by atoms with E-state index in [2.05, 4.69) is 10.3 Å². The van der Waals surface area contributed by atoms with Crippen LogP contribution in [0.1, 0.15) is 33.6 Å². The van der Waals surface area contributed by atoms with Crippen LogP contribution in [0.3, 0.4) is 0 Å². The van der Waals surface area contributed by atoms with E-state index < -0.39 is 11.7 Å². The lowest BCUT2D eigenvalue weighted by atomic mass is 10.1. The molecule has 0 bridgehead atoms. The van der Waals surface area contributed by atoms with Gasteiger partial charge in [0.15, 0.2) is 0 Å². The maximum absolute atomic E-state index is 12.1. The van der Waals surface area contributed by atoms with Crippen LogP contribution in [-0.4, -0.2) is 46.9 Å². The summed E-state index contributed by atoms with van der Waals surface area (Å²) < 4.78 is 10.7. The van der Waals surface area contributed by atoms with Gasteiger partial charge in [-0.25, -0.2) is 9.59 Å². The number of piperidine rings is 1. The molecule has 1 aliphatic heterocycles. The Morgan fingerprint density at radius 2 is 2.17 bits per heavy atom. The number of pyridine rings is 1. The number of rotatable bonds is 2. The Kier molecular flexibility index (Phi) is 5.41. The molecule has 0 radical (unpaired) electrons. The molecule has 1 aromatic rings. The molecule has 7 heteroatoms. The molecule has 1 aliphatic rings. The van der Waals surface area contributed by atoms with Gasteiger partial charge in [-0.15, -0.1) is 0 Å². The Balaban J connectivity index is 1.84. The molecule has 1 saturated heterocycles. The molecule has 1 aromatic heterocycles. The number of hydrogen-bond acceptors (Lipinski definition) is 5. The van der Waals surface area contributed by atoms with Crippen molar-refractivity contribution in [1.82, 2.24) is 9.88 Å². The van der Waals surface area contributed by atoms with Gasteiger partial charge in [0.2, 0.25) is 0 Å². The second kappa shape index (κ2) is 7.30. The van der Waals surface area contributed by atoms with E-state index in [-0.39, 0.29) is 12.2 Å². The lowest BCUT2D eigenvalue weighted by Gasteiger charge is -2.33. The van der Waals surface area contributed by atoms with Gasteiger partial charge >= 0.3 is 12.2 Å². The first kappa shape index (κ1) is 17.1. The van der Waals surface area contributed by atoms with Gasteiger partial charge in [-0.05, 0) is 45.7 Å². The number of amides is 2. The van der Waals surface area contributed by atoms with Crippen LogP contribution in [0.5, 0.6) is 0 Å². The number of hydrogen-bond donors (Lipinski definition) is 1. The predicted molar refractivity (Wildman–Crippen MR) is 85.2 cm³/mol. The van der Waals surface area contributed by atoms with E-state index in [1.807, 2.05) is 20.8 Å². The van der Waals surface area contributed by atoms with Crippen molar-refractivity contribution in [2.24, 2.45) is 0 Å². The highest BCUT2D eigenvalue weighted by Gasteiger charge is 2.29. The number of carbonyl (C=O) groups is 2. The van der Waals surface area contributed by atoms with Gasteiger partial charge in [0.1, 0.15) is 11.7 Å². The standard InChI is InChI=1S/C16H23N3O4/c1-16(2,3)23-15(21)19-9-5-7-13(11-19)22-14(20)18-12-6-4-8-17-10-12/h4,6,8,10,13H,5,7,9,11H2,1-3H3,(H,18,20)/t13-/m1/s1. The van der Waals surface area contributed by atoms with Crippen molar-refractivity contribution in [1.29, 1.82) is 0 Å². The third-order valence-corrected chi connectivity index (χ3v) is 3.21. The average Bonchev–Trinajstić information content (AvgIpc) is 2.46. The van der Waals surface area contributed by atoms with Crippen LogP contribution < -0.4 is 5.32 Å². The monoisotopic (exact) mass is 321 g/mol. The fraction of sp³-hybridized carbons (Fsp3) is 0.562. The molecule has 2 amide bonds. The summed E-state index contributed by atoms with van der Waals surface area (Å²) in [5.74, 6) is 0. The number of carbonyl (C=O) groups excluding carboxylic acids is 2. The van der Waals surface area contributed by atoms with Crippen molar-refractivity contribution in [3.63, 3.8) is 0 Å². The minimum Gasteiger partial charge on any atom is -0.444 e. The minimum atomic E-state index is -0.547. The zero-order valence-corrected chi connectivity index (χ0v) is 13.7. The Bertz CT molecular complexity index is 542. The number of aromatic nitrogens is 1. The third kappa shape index (κ3) is 5.77. The molecule has 1 atom stereocenters. The Morgan fingerprint density at radius 3 is 2.83 bits per heavy atom. The van der Waals surface area contributed by atoms with Crippen molar-refractivity contribution in [3.8, 4) is 0 Å². The van der Waals surface area contributed by atoms with Crippen LogP contribution in [-0.2, 0) is 9.47 Å². The summed E-state index contributed by atoms with van der Waals surface area (Å²) in [6, 6.07) is 3.45. The second-order valence-electron chi connectivity index (χ2n) is 6.46. The summed E-state index contributed by atoms with van der Waals surface area (Å²) in [6.45, 7) is 6.42. The fourth-order valence-electron chi connectivity index (χ4n) is 2.26. The van der Waals surface area contributed by atoms with Gasteiger partial charge < -0.3 is 14.4 Å². The topological polar surface area (TPSA) is 80.8 Å². The van der Waals surface area contributed by atoms with E-state index in [4.69, 9.17) is 9.47 Å². The smallest absolute Gasteiger partial charge is 0.412 e. The molecule has 0 saturated carbocycles. The Morgan fingerprint density at radius 1 is 1.39 bits per heavy atom. The molecule has 2 heterocycles. The highest BCUT2D eigenvalue weighted by Crippen LogP contribution is 2.17. The number of ether oxygens (including phenoxy) is 2. The van der Waals surface area contributed by atoms with Gasteiger partial charge in [0, 0.05) is 12.7 Å². The van der Waals surface area contributed by atoms with Gasteiger partial charge in [0.05, 0.1) is 18.4 Å². The van der Waals surface area contributed by atoms with Crippen molar-refractivity contribution in [2.75, 3.05) is 18.4 Å². The zero-order valence-electron chi connectivity index (χ0n) is 13.7. The quantitative estimate of drug-likeness (QED) is 0.905. The van der Waals surface area contributed by atoms with E-state index >= 15 is 0 Å². The second-order valence-corrected chi connectivity index (χ2v) is 6.46. The molecular formula is C16H23N3O4. The highest BCUT2D eigenvalue weighted by atomic mass is 16.6. The lowest BCUT2D eigenvalue weighted by molar-refractivity contribution is 0.000873. The molecule has 126 valence electrons. The summed E-state index contributed by atoms with van der Waals surface area (Å²) in [5, 5.41) is 2.61. The maximum atomic E-state index is 12.1. The van der Waals surface area contributed by atoms with Crippen LogP contribution in [0.4, 0.5) is 15.3 Å². The van der Waals surface area contributed by atoms with Crippen molar-refractivity contribution in [3.05, 3.63) is 24.5 Å². The number of nitrogens with zero attached hydrogens (tertiary/aromatic N) is 2. The summed E-state index contributed by atoms with van der Waals surface area (Å²) in [7, 11) is 0. The molecule has 1 N–H and O–H groups in total. The largest absolute Gasteiger partial charge is 0.444 e. The minimum absolute atomic E-state index is 0.340. The van der Waals surface area contributed by atoms with Gasteiger partial charge in [-0.2, -0.15) is 0 Å². The zero-order chi connectivity index (χ0) is 16.9. The fourth-order valence-corrected chi connectivity index (χ4v) is 2.26. The molecule has 0 spiro atoms. The molecule has 7 nitrogen and oxygen atoms in total. The third-order valence-electron chi connectivity index (χ3n) is 3.21. The van der Waals surface area contributed by atoms with E-state index in [1.165, 1.54) is 6.20 Å². The van der Waals surface area contributed by atoms with E-state index in [0.717, 1.165) is 12.8 Å². The Labute approximate surface area is 136 Å². The summed E-state index contributed by atoms with van der Waals surface area (Å²) in [6.07, 6.45) is 3.38.